The first-order valence-corrected chi connectivity index (χ1v) is 6.85. The van der Waals surface area contributed by atoms with Crippen molar-refractivity contribution in [2.24, 2.45) is 11.3 Å². The minimum atomic E-state index is -0.828. The average Bonchev–Trinajstić information content (AvgIpc) is 2.99. The molecular formula is C13H22N2O4. The minimum absolute atomic E-state index is 0.149. The molecule has 0 aromatic carbocycles. The van der Waals surface area contributed by atoms with Crippen molar-refractivity contribution in [3.63, 3.8) is 0 Å². The van der Waals surface area contributed by atoms with Gasteiger partial charge in [0.2, 0.25) is 0 Å². The Morgan fingerprint density at radius 1 is 1.53 bits per heavy atom. The predicted octanol–water partition coefficient (Wildman–Crippen LogP) is 0.919. The molecule has 0 saturated carbocycles. The average molecular weight is 270 g/mol. The van der Waals surface area contributed by atoms with E-state index in [9.17, 15) is 9.59 Å². The number of hydrogen-bond acceptors (Lipinski definition) is 3. The molecule has 19 heavy (non-hydrogen) atoms. The Morgan fingerprint density at radius 3 is 2.89 bits per heavy atom. The van der Waals surface area contributed by atoms with Crippen molar-refractivity contribution < 1.29 is 19.4 Å². The van der Waals surface area contributed by atoms with E-state index in [2.05, 4.69) is 5.32 Å². The summed E-state index contributed by atoms with van der Waals surface area (Å²) in [6.45, 7) is 4.74. The van der Waals surface area contributed by atoms with Crippen LogP contribution in [0.3, 0.4) is 0 Å². The van der Waals surface area contributed by atoms with Gasteiger partial charge in [0, 0.05) is 32.8 Å². The van der Waals surface area contributed by atoms with Crippen LogP contribution in [0.4, 0.5) is 4.79 Å². The molecule has 2 aliphatic rings. The number of nitrogens with zero attached hydrogens (tertiary/aromatic N) is 1. The van der Waals surface area contributed by atoms with E-state index < -0.39 is 11.4 Å². The predicted molar refractivity (Wildman–Crippen MR) is 68.9 cm³/mol. The first-order valence-electron chi connectivity index (χ1n) is 6.85. The maximum Gasteiger partial charge on any atom is 0.317 e. The Hall–Kier alpha value is -1.30. The summed E-state index contributed by atoms with van der Waals surface area (Å²) in [5.74, 6) is -0.283. The molecule has 0 bridgehead atoms. The fourth-order valence-corrected chi connectivity index (χ4v) is 2.62. The van der Waals surface area contributed by atoms with Gasteiger partial charge in [0.05, 0.1) is 5.41 Å². The summed E-state index contributed by atoms with van der Waals surface area (Å²) in [7, 11) is 0. The molecule has 2 N–H and O–H groups in total. The molecule has 2 rings (SSSR count). The highest BCUT2D eigenvalue weighted by molar-refractivity contribution is 5.79. The number of carboxylic acid groups (broad SMARTS) is 1. The van der Waals surface area contributed by atoms with Crippen molar-refractivity contribution in [1.29, 1.82) is 0 Å². The van der Waals surface area contributed by atoms with E-state index in [4.69, 9.17) is 9.84 Å². The smallest absolute Gasteiger partial charge is 0.317 e. The maximum absolute atomic E-state index is 11.9. The number of aliphatic carboxylic acids is 1. The topological polar surface area (TPSA) is 78.9 Å². The van der Waals surface area contributed by atoms with Gasteiger partial charge in [0.1, 0.15) is 0 Å². The summed E-state index contributed by atoms with van der Waals surface area (Å²) in [4.78, 5) is 24.6. The van der Waals surface area contributed by atoms with Crippen molar-refractivity contribution in [2.45, 2.75) is 26.2 Å². The van der Waals surface area contributed by atoms with E-state index in [0.717, 1.165) is 26.1 Å². The number of nitrogens with one attached hydrogen (secondary N) is 1. The summed E-state index contributed by atoms with van der Waals surface area (Å²) < 4.78 is 5.28. The fraction of sp³-hybridized carbons (Fsp3) is 0.846. The second-order valence-corrected chi connectivity index (χ2v) is 5.79. The summed E-state index contributed by atoms with van der Waals surface area (Å²) in [5.41, 5.74) is -0.795. The zero-order valence-corrected chi connectivity index (χ0v) is 11.4. The highest BCUT2D eigenvalue weighted by atomic mass is 16.5. The van der Waals surface area contributed by atoms with E-state index >= 15 is 0 Å². The van der Waals surface area contributed by atoms with Crippen LogP contribution in [0.1, 0.15) is 26.2 Å². The quantitative estimate of drug-likeness (QED) is 0.796. The maximum atomic E-state index is 11.9. The molecule has 0 aromatic rings. The molecule has 2 amide bonds. The molecule has 108 valence electrons. The van der Waals surface area contributed by atoms with Gasteiger partial charge in [0.15, 0.2) is 0 Å². The standard InChI is InChI=1S/C13H22N2O4/c1-13(11(16)17)4-6-15(9-13)12(18)14-5-2-10-3-7-19-8-10/h10H,2-9H2,1H3,(H,14,18)(H,16,17). The molecule has 0 aliphatic carbocycles. The summed E-state index contributed by atoms with van der Waals surface area (Å²) in [6.07, 6.45) is 2.51. The zero-order valence-electron chi connectivity index (χ0n) is 11.4. The number of hydrogen-bond donors (Lipinski definition) is 2. The van der Waals surface area contributed by atoms with Crippen molar-refractivity contribution in [3.05, 3.63) is 0 Å². The van der Waals surface area contributed by atoms with Crippen LogP contribution in [0.15, 0.2) is 0 Å². The monoisotopic (exact) mass is 270 g/mol. The molecule has 2 aliphatic heterocycles. The lowest BCUT2D eigenvalue weighted by molar-refractivity contribution is -0.146. The molecule has 2 unspecified atom stereocenters. The summed E-state index contributed by atoms with van der Waals surface area (Å²) in [6, 6.07) is -0.149. The van der Waals surface area contributed by atoms with Gasteiger partial charge < -0.3 is 20.1 Å². The second-order valence-electron chi connectivity index (χ2n) is 5.79. The minimum Gasteiger partial charge on any atom is -0.481 e. The highest BCUT2D eigenvalue weighted by Gasteiger charge is 2.42. The number of carboxylic acids is 1. The van der Waals surface area contributed by atoms with Crippen LogP contribution in [0, 0.1) is 11.3 Å². The molecule has 0 spiro atoms. The molecule has 6 nitrogen and oxygen atoms in total. The van der Waals surface area contributed by atoms with Gasteiger partial charge in [-0.3, -0.25) is 4.79 Å². The van der Waals surface area contributed by atoms with Gasteiger partial charge in [-0.15, -0.1) is 0 Å². The normalized spacial score (nSPS) is 30.6. The second kappa shape index (κ2) is 5.77. The van der Waals surface area contributed by atoms with E-state index in [-0.39, 0.29) is 6.03 Å². The number of urea groups is 1. The van der Waals surface area contributed by atoms with Gasteiger partial charge in [-0.25, -0.2) is 4.79 Å². The van der Waals surface area contributed by atoms with E-state index in [1.54, 1.807) is 11.8 Å². The first-order chi connectivity index (χ1) is 9.01. The fourth-order valence-electron chi connectivity index (χ4n) is 2.62. The van der Waals surface area contributed by atoms with Crippen molar-refractivity contribution in [1.82, 2.24) is 10.2 Å². The van der Waals surface area contributed by atoms with Gasteiger partial charge in [-0.05, 0) is 32.1 Å². The Balaban J connectivity index is 1.70. The molecule has 6 heteroatoms. The lowest BCUT2D eigenvalue weighted by atomic mass is 9.90. The summed E-state index contributed by atoms with van der Waals surface area (Å²) >= 11 is 0. The third-order valence-corrected chi connectivity index (χ3v) is 4.13. The number of likely N-dealkylation sites (tertiary alicyclic amines) is 1. The molecular weight excluding hydrogens is 248 g/mol. The Kier molecular flexibility index (Phi) is 4.29. The van der Waals surface area contributed by atoms with Crippen molar-refractivity contribution >= 4 is 12.0 Å². The number of ether oxygens (including phenoxy) is 1. The van der Waals surface area contributed by atoms with Gasteiger partial charge in [0.25, 0.3) is 0 Å². The lowest BCUT2D eigenvalue weighted by Gasteiger charge is -2.20. The Bertz CT molecular complexity index is 355. The lowest BCUT2D eigenvalue weighted by Crippen LogP contribution is -2.41. The Labute approximate surface area is 113 Å². The van der Waals surface area contributed by atoms with E-state index in [1.165, 1.54) is 0 Å². The van der Waals surface area contributed by atoms with Crippen molar-refractivity contribution in [2.75, 3.05) is 32.8 Å². The van der Waals surface area contributed by atoms with Gasteiger partial charge >= 0.3 is 12.0 Å². The van der Waals surface area contributed by atoms with E-state index in [0.29, 0.717) is 32.0 Å². The number of amides is 2. The highest BCUT2D eigenvalue weighted by Crippen LogP contribution is 2.29. The van der Waals surface area contributed by atoms with Crippen LogP contribution in [-0.4, -0.2) is 54.9 Å². The molecule has 2 fully saturated rings. The molecule has 2 heterocycles. The van der Waals surface area contributed by atoms with Crippen LogP contribution in [0.5, 0.6) is 0 Å². The van der Waals surface area contributed by atoms with Crippen LogP contribution < -0.4 is 5.32 Å². The molecule has 2 saturated heterocycles. The van der Waals surface area contributed by atoms with Crippen LogP contribution in [0.25, 0.3) is 0 Å². The van der Waals surface area contributed by atoms with Gasteiger partial charge in [-0.2, -0.15) is 0 Å². The summed E-state index contributed by atoms with van der Waals surface area (Å²) in [5, 5.41) is 12.0. The molecule has 0 radical (unpaired) electrons. The Morgan fingerprint density at radius 2 is 2.32 bits per heavy atom. The zero-order chi connectivity index (χ0) is 13.9. The van der Waals surface area contributed by atoms with Crippen molar-refractivity contribution in [3.8, 4) is 0 Å². The van der Waals surface area contributed by atoms with E-state index in [1.807, 2.05) is 0 Å². The number of carbonyl (C=O) groups is 2. The first kappa shape index (κ1) is 14.1. The third-order valence-electron chi connectivity index (χ3n) is 4.13. The van der Waals surface area contributed by atoms with Crippen LogP contribution >= 0.6 is 0 Å². The largest absolute Gasteiger partial charge is 0.481 e. The molecule has 0 aromatic heterocycles. The van der Waals surface area contributed by atoms with Crippen LogP contribution in [0.2, 0.25) is 0 Å². The van der Waals surface area contributed by atoms with Crippen LogP contribution in [-0.2, 0) is 9.53 Å². The third kappa shape index (κ3) is 3.37. The SMILES string of the molecule is CC1(C(=O)O)CCN(C(=O)NCCC2CCOC2)C1. The number of carbonyl (C=O) groups excluding carboxylic acids is 1. The number of rotatable bonds is 4. The van der Waals surface area contributed by atoms with Gasteiger partial charge in [-0.1, -0.05) is 0 Å². The molecule has 2 atom stereocenters.